The second kappa shape index (κ2) is 11.0. The lowest BCUT2D eigenvalue weighted by atomic mass is 10.1. The molecule has 0 saturated carbocycles. The first kappa shape index (κ1) is 23.7. The maximum Gasteiger partial charge on any atom is 0.416 e. The normalized spacial score (nSPS) is 12.0. The number of nitrogens with zero attached hydrogens (tertiary/aromatic N) is 2. The van der Waals surface area contributed by atoms with Gasteiger partial charge in [0.1, 0.15) is 0 Å². The molecule has 1 aromatic carbocycles. The van der Waals surface area contributed by atoms with Crippen molar-refractivity contribution in [2.45, 2.75) is 33.4 Å². The molecule has 0 radical (unpaired) electrons. The summed E-state index contributed by atoms with van der Waals surface area (Å²) in [5, 5.41) is 9.97. The number of aliphatic imine (C=N–C) groups is 1. The summed E-state index contributed by atoms with van der Waals surface area (Å²) in [6.45, 7) is 7.99. The van der Waals surface area contributed by atoms with Crippen LogP contribution in [0.25, 0.3) is 0 Å². The Bertz CT molecular complexity index is 843. The number of hydrogen-bond acceptors (Lipinski definition) is 4. The van der Waals surface area contributed by atoms with Crippen LogP contribution in [0.3, 0.4) is 0 Å². The highest BCUT2D eigenvalue weighted by Gasteiger charge is 2.30. The number of rotatable bonds is 8. The Balaban J connectivity index is 1.77. The maximum atomic E-state index is 12.6. The van der Waals surface area contributed by atoms with Crippen LogP contribution in [0.5, 0.6) is 0 Å². The second-order valence-electron chi connectivity index (χ2n) is 6.52. The van der Waals surface area contributed by atoms with Gasteiger partial charge in [0.25, 0.3) is 5.91 Å². The number of carbonyl (C=O) groups is 1. The van der Waals surface area contributed by atoms with Crippen molar-refractivity contribution < 1.29 is 18.0 Å². The summed E-state index contributed by atoms with van der Waals surface area (Å²) >= 11 is 1.67. The lowest BCUT2D eigenvalue weighted by Crippen LogP contribution is -2.41. The third kappa shape index (κ3) is 7.33. The molecular formula is C20H26F3N5OS. The zero-order chi connectivity index (χ0) is 22.1. The largest absolute Gasteiger partial charge is 0.416 e. The van der Waals surface area contributed by atoms with Gasteiger partial charge < -0.3 is 16.0 Å². The Morgan fingerprint density at radius 3 is 2.33 bits per heavy atom. The number of aromatic nitrogens is 1. The Morgan fingerprint density at radius 2 is 1.77 bits per heavy atom. The van der Waals surface area contributed by atoms with Gasteiger partial charge in [-0.3, -0.25) is 9.79 Å². The number of guanidine groups is 1. The fraction of sp³-hybridized carbons (Fsp3) is 0.450. The average Bonchev–Trinajstić information content (AvgIpc) is 3.01. The second-order valence-corrected chi connectivity index (χ2v) is 7.81. The van der Waals surface area contributed by atoms with E-state index in [2.05, 4.69) is 25.9 Å². The van der Waals surface area contributed by atoms with E-state index in [4.69, 9.17) is 0 Å². The fourth-order valence-corrected chi connectivity index (χ4v) is 3.44. The van der Waals surface area contributed by atoms with Gasteiger partial charge in [-0.05, 0) is 45.0 Å². The molecule has 0 fully saturated rings. The lowest BCUT2D eigenvalue weighted by Gasteiger charge is -2.12. The highest BCUT2D eigenvalue weighted by atomic mass is 32.1. The van der Waals surface area contributed by atoms with E-state index in [-0.39, 0.29) is 5.56 Å². The van der Waals surface area contributed by atoms with Gasteiger partial charge in [0, 0.05) is 43.0 Å². The standard InChI is InChI=1S/C20H26F3N5OS/c1-4-24-19(26-10-9-17-28-13(2)14(3)30-17)27-12-11-25-18(29)15-5-7-16(8-6-15)20(21,22)23/h5-8H,4,9-12H2,1-3H3,(H,25,29)(H2,24,26,27). The van der Waals surface area contributed by atoms with Crippen molar-refractivity contribution in [2.75, 3.05) is 26.2 Å². The number of thiazole rings is 1. The smallest absolute Gasteiger partial charge is 0.357 e. The molecule has 1 aromatic heterocycles. The van der Waals surface area contributed by atoms with Crippen molar-refractivity contribution in [3.8, 4) is 0 Å². The zero-order valence-corrected chi connectivity index (χ0v) is 18.0. The quantitative estimate of drug-likeness (QED) is 0.334. The first-order valence-corrected chi connectivity index (χ1v) is 10.4. The van der Waals surface area contributed by atoms with Crippen LogP contribution in [-0.2, 0) is 12.6 Å². The molecule has 2 rings (SSSR count). The highest BCUT2D eigenvalue weighted by Crippen LogP contribution is 2.29. The van der Waals surface area contributed by atoms with Gasteiger partial charge >= 0.3 is 6.18 Å². The third-order valence-corrected chi connectivity index (χ3v) is 5.32. The van der Waals surface area contributed by atoms with E-state index in [1.54, 1.807) is 11.3 Å². The molecular weight excluding hydrogens is 415 g/mol. The van der Waals surface area contributed by atoms with Crippen molar-refractivity contribution in [3.63, 3.8) is 0 Å². The molecule has 0 atom stereocenters. The van der Waals surface area contributed by atoms with Crippen LogP contribution < -0.4 is 16.0 Å². The minimum absolute atomic E-state index is 0.178. The number of aryl methyl sites for hydroxylation is 2. The van der Waals surface area contributed by atoms with Gasteiger partial charge in [0.15, 0.2) is 5.96 Å². The third-order valence-electron chi connectivity index (χ3n) is 4.19. The van der Waals surface area contributed by atoms with Crippen LogP contribution in [-0.4, -0.2) is 43.0 Å². The number of halogens is 3. The van der Waals surface area contributed by atoms with Crippen LogP contribution in [0.1, 0.15) is 38.4 Å². The number of hydrogen-bond donors (Lipinski definition) is 3. The summed E-state index contributed by atoms with van der Waals surface area (Å²) in [7, 11) is 0. The molecule has 164 valence electrons. The van der Waals surface area contributed by atoms with E-state index >= 15 is 0 Å². The summed E-state index contributed by atoms with van der Waals surface area (Å²) in [6, 6.07) is 4.13. The van der Waals surface area contributed by atoms with Crippen molar-refractivity contribution >= 4 is 23.2 Å². The van der Waals surface area contributed by atoms with E-state index in [1.807, 2.05) is 20.8 Å². The lowest BCUT2D eigenvalue weighted by molar-refractivity contribution is -0.137. The number of amides is 1. The molecule has 2 aromatic rings. The molecule has 1 amide bonds. The molecule has 30 heavy (non-hydrogen) atoms. The van der Waals surface area contributed by atoms with E-state index in [0.717, 1.165) is 29.3 Å². The molecule has 0 spiro atoms. The van der Waals surface area contributed by atoms with Gasteiger partial charge in [-0.2, -0.15) is 13.2 Å². The Morgan fingerprint density at radius 1 is 1.10 bits per heavy atom. The van der Waals surface area contributed by atoms with E-state index < -0.39 is 17.6 Å². The molecule has 0 aliphatic carbocycles. The fourth-order valence-electron chi connectivity index (χ4n) is 2.52. The Kier molecular flexibility index (Phi) is 8.64. The van der Waals surface area contributed by atoms with Crippen LogP contribution in [0, 0.1) is 13.8 Å². The minimum atomic E-state index is -4.42. The number of nitrogens with one attached hydrogen (secondary N) is 3. The molecule has 6 nitrogen and oxygen atoms in total. The van der Waals surface area contributed by atoms with E-state index in [9.17, 15) is 18.0 Å². The zero-order valence-electron chi connectivity index (χ0n) is 17.2. The topological polar surface area (TPSA) is 78.4 Å². The Hall–Kier alpha value is -2.62. The summed E-state index contributed by atoms with van der Waals surface area (Å²) in [5.41, 5.74) is 0.445. The van der Waals surface area contributed by atoms with Gasteiger partial charge in [-0.15, -0.1) is 11.3 Å². The summed E-state index contributed by atoms with van der Waals surface area (Å²) in [4.78, 5) is 22.3. The van der Waals surface area contributed by atoms with Gasteiger partial charge in [-0.25, -0.2) is 4.98 Å². The highest BCUT2D eigenvalue weighted by molar-refractivity contribution is 7.11. The van der Waals surface area contributed by atoms with Gasteiger partial charge in [0.05, 0.1) is 16.3 Å². The number of benzene rings is 1. The molecule has 10 heteroatoms. The monoisotopic (exact) mass is 441 g/mol. The molecule has 1 heterocycles. The summed E-state index contributed by atoms with van der Waals surface area (Å²) in [5.74, 6) is 0.202. The van der Waals surface area contributed by atoms with Gasteiger partial charge in [0.2, 0.25) is 0 Å². The molecule has 0 bridgehead atoms. The van der Waals surface area contributed by atoms with Crippen LogP contribution in [0.2, 0.25) is 0 Å². The summed E-state index contributed by atoms with van der Waals surface area (Å²) < 4.78 is 37.7. The first-order valence-electron chi connectivity index (χ1n) is 9.61. The summed E-state index contributed by atoms with van der Waals surface area (Å²) in [6.07, 6.45) is -3.67. The van der Waals surface area contributed by atoms with Crippen LogP contribution in [0.4, 0.5) is 13.2 Å². The predicted octanol–water partition coefficient (Wildman–Crippen LogP) is 3.31. The predicted molar refractivity (Wildman–Crippen MR) is 113 cm³/mol. The molecule has 0 aliphatic heterocycles. The molecule has 0 saturated heterocycles. The van der Waals surface area contributed by atoms with Gasteiger partial charge in [-0.1, -0.05) is 0 Å². The molecule has 3 N–H and O–H groups in total. The Labute approximate surface area is 178 Å². The van der Waals surface area contributed by atoms with Crippen LogP contribution >= 0.6 is 11.3 Å². The molecule has 0 aliphatic rings. The van der Waals surface area contributed by atoms with Crippen molar-refractivity contribution in [3.05, 3.63) is 51.0 Å². The number of alkyl halides is 3. The molecule has 0 unspecified atom stereocenters. The minimum Gasteiger partial charge on any atom is -0.357 e. The van der Waals surface area contributed by atoms with Crippen molar-refractivity contribution in [2.24, 2.45) is 4.99 Å². The van der Waals surface area contributed by atoms with Crippen LogP contribution in [0.15, 0.2) is 29.3 Å². The number of carbonyl (C=O) groups excluding carboxylic acids is 1. The van der Waals surface area contributed by atoms with Crippen molar-refractivity contribution in [1.82, 2.24) is 20.9 Å². The first-order chi connectivity index (χ1) is 14.2. The maximum absolute atomic E-state index is 12.6. The van der Waals surface area contributed by atoms with E-state index in [0.29, 0.717) is 32.1 Å². The average molecular weight is 442 g/mol. The van der Waals surface area contributed by atoms with Crippen molar-refractivity contribution in [1.29, 1.82) is 0 Å². The SMILES string of the molecule is CCNC(=NCCc1nc(C)c(C)s1)NCCNC(=O)c1ccc(C(F)(F)F)cc1. The van der Waals surface area contributed by atoms with E-state index in [1.165, 1.54) is 17.0 Å².